The van der Waals surface area contributed by atoms with E-state index in [0.29, 0.717) is 12.5 Å². The van der Waals surface area contributed by atoms with Crippen LogP contribution < -0.4 is 0 Å². The summed E-state index contributed by atoms with van der Waals surface area (Å²) in [6.45, 7) is 6.37. The lowest BCUT2D eigenvalue weighted by molar-refractivity contribution is -0.137. The van der Waals surface area contributed by atoms with Gasteiger partial charge in [-0.2, -0.15) is 0 Å². The first kappa shape index (κ1) is 15.4. The molecule has 104 valence electrons. The molecule has 0 aliphatic rings. The van der Waals surface area contributed by atoms with E-state index in [-0.39, 0.29) is 5.97 Å². The van der Waals surface area contributed by atoms with Crippen molar-refractivity contribution in [3.05, 3.63) is 41.7 Å². The fourth-order valence-corrected chi connectivity index (χ4v) is 2.15. The van der Waals surface area contributed by atoms with Gasteiger partial charge in [0.2, 0.25) is 0 Å². The molecule has 0 aliphatic carbocycles. The molecule has 1 heterocycles. The minimum absolute atomic E-state index is 0.253. The highest BCUT2D eigenvalue weighted by Crippen LogP contribution is 2.26. The van der Waals surface area contributed by atoms with Crippen LogP contribution in [0.4, 0.5) is 0 Å². The van der Waals surface area contributed by atoms with Gasteiger partial charge in [0.1, 0.15) is 0 Å². The summed E-state index contributed by atoms with van der Waals surface area (Å²) in [5.74, 6) is 0.119. The van der Waals surface area contributed by atoms with E-state index < -0.39 is 0 Å². The second-order valence-electron chi connectivity index (χ2n) is 4.69. The summed E-state index contributed by atoms with van der Waals surface area (Å²) < 4.78 is 4.93. The van der Waals surface area contributed by atoms with Crippen molar-refractivity contribution in [3.8, 4) is 0 Å². The van der Waals surface area contributed by atoms with Gasteiger partial charge in [0.15, 0.2) is 0 Å². The molecule has 1 rings (SSSR count). The van der Waals surface area contributed by atoms with E-state index in [4.69, 9.17) is 4.74 Å². The fourth-order valence-electron chi connectivity index (χ4n) is 2.15. The quantitative estimate of drug-likeness (QED) is 0.552. The average Bonchev–Trinajstić information content (AvgIpc) is 2.39. The molecule has 1 atom stereocenters. The van der Waals surface area contributed by atoms with E-state index in [1.807, 2.05) is 32.2 Å². The van der Waals surface area contributed by atoms with Crippen molar-refractivity contribution in [2.45, 2.75) is 46.0 Å². The molecule has 0 bridgehead atoms. The molecule has 0 radical (unpaired) electrons. The number of aromatic nitrogens is 1. The summed E-state index contributed by atoms with van der Waals surface area (Å²) in [5, 5.41) is 0. The number of carbonyl (C=O) groups excluding carboxylic acids is 1. The minimum atomic E-state index is -0.253. The van der Waals surface area contributed by atoms with E-state index in [2.05, 4.69) is 18.0 Å². The lowest BCUT2D eigenvalue weighted by Crippen LogP contribution is -2.04. The van der Waals surface area contributed by atoms with Crippen LogP contribution in [-0.4, -0.2) is 17.6 Å². The van der Waals surface area contributed by atoms with Crippen molar-refractivity contribution in [1.29, 1.82) is 0 Å². The van der Waals surface area contributed by atoms with Gasteiger partial charge in [-0.25, -0.2) is 4.79 Å². The first-order chi connectivity index (χ1) is 9.17. The molecule has 0 saturated carbocycles. The molecule has 0 aliphatic heterocycles. The van der Waals surface area contributed by atoms with Gasteiger partial charge in [0.25, 0.3) is 0 Å². The Morgan fingerprint density at radius 2 is 2.21 bits per heavy atom. The average molecular weight is 261 g/mol. The number of hydrogen-bond donors (Lipinski definition) is 0. The number of allylic oxidation sites excluding steroid dienone is 1. The predicted molar refractivity (Wildman–Crippen MR) is 76.9 cm³/mol. The smallest absolute Gasteiger partial charge is 0.330 e. The molecule has 0 amide bonds. The van der Waals surface area contributed by atoms with Crippen molar-refractivity contribution in [3.63, 3.8) is 0 Å². The van der Waals surface area contributed by atoms with Gasteiger partial charge in [0, 0.05) is 23.9 Å². The van der Waals surface area contributed by atoms with Crippen LogP contribution in [0.3, 0.4) is 0 Å². The van der Waals surface area contributed by atoms with Gasteiger partial charge in [-0.05, 0) is 38.8 Å². The van der Waals surface area contributed by atoms with Crippen molar-refractivity contribution in [2.75, 3.05) is 6.61 Å². The molecule has 0 aromatic carbocycles. The number of esters is 1. The van der Waals surface area contributed by atoms with E-state index in [0.717, 1.165) is 30.5 Å². The molecule has 19 heavy (non-hydrogen) atoms. The third kappa shape index (κ3) is 5.69. The molecule has 3 heteroatoms. The van der Waals surface area contributed by atoms with Crippen LogP contribution >= 0.6 is 0 Å². The standard InChI is InChI=1S/C16H23NO2/c1-4-8-14(15-9-6-7-10-17-15)11-13(3)12-16(18)19-5-2/h6-7,9-10,12,14H,4-5,8,11H2,1-3H3/b13-12+. The molecule has 0 fully saturated rings. The van der Waals surface area contributed by atoms with Crippen LogP contribution in [0.25, 0.3) is 0 Å². The number of ether oxygens (including phenoxy) is 1. The van der Waals surface area contributed by atoms with Crippen LogP contribution in [0.2, 0.25) is 0 Å². The third-order valence-electron chi connectivity index (χ3n) is 2.96. The van der Waals surface area contributed by atoms with Crippen LogP contribution in [0, 0.1) is 0 Å². The Kier molecular flexibility index (Phi) is 6.86. The Morgan fingerprint density at radius 1 is 1.42 bits per heavy atom. The first-order valence-electron chi connectivity index (χ1n) is 6.92. The van der Waals surface area contributed by atoms with Gasteiger partial charge in [0.05, 0.1) is 6.61 Å². The Labute approximate surface area is 115 Å². The predicted octanol–water partition coefficient (Wildman–Crippen LogP) is 3.86. The maximum absolute atomic E-state index is 11.4. The molecule has 1 aromatic heterocycles. The van der Waals surface area contributed by atoms with Crippen molar-refractivity contribution in [1.82, 2.24) is 4.98 Å². The summed E-state index contributed by atoms with van der Waals surface area (Å²) >= 11 is 0. The molecule has 1 unspecified atom stereocenters. The maximum atomic E-state index is 11.4. The Hall–Kier alpha value is -1.64. The third-order valence-corrected chi connectivity index (χ3v) is 2.96. The highest BCUT2D eigenvalue weighted by molar-refractivity contribution is 5.82. The molecule has 0 spiro atoms. The summed E-state index contributed by atoms with van der Waals surface area (Å²) in [5.41, 5.74) is 2.14. The van der Waals surface area contributed by atoms with Crippen molar-refractivity contribution in [2.24, 2.45) is 0 Å². The molecular weight excluding hydrogens is 238 g/mol. The zero-order valence-electron chi connectivity index (χ0n) is 12.1. The summed E-state index contributed by atoms with van der Waals surface area (Å²) in [4.78, 5) is 15.8. The second-order valence-corrected chi connectivity index (χ2v) is 4.69. The number of rotatable bonds is 7. The van der Waals surface area contributed by atoms with Crippen LogP contribution in [0.5, 0.6) is 0 Å². The molecule has 0 saturated heterocycles. The Balaban J connectivity index is 2.71. The molecule has 1 aromatic rings. The van der Waals surface area contributed by atoms with Gasteiger partial charge in [-0.1, -0.05) is 25.0 Å². The van der Waals surface area contributed by atoms with Gasteiger partial charge < -0.3 is 4.74 Å². The molecule has 0 N–H and O–H groups in total. The normalized spacial score (nSPS) is 13.1. The first-order valence-corrected chi connectivity index (χ1v) is 6.92. The summed E-state index contributed by atoms with van der Waals surface area (Å²) in [6.07, 6.45) is 6.44. The number of carbonyl (C=O) groups is 1. The van der Waals surface area contributed by atoms with Gasteiger partial charge >= 0.3 is 5.97 Å². The van der Waals surface area contributed by atoms with Gasteiger partial charge in [-0.15, -0.1) is 0 Å². The lowest BCUT2D eigenvalue weighted by Gasteiger charge is -2.15. The monoisotopic (exact) mass is 261 g/mol. The van der Waals surface area contributed by atoms with E-state index in [9.17, 15) is 4.79 Å². The maximum Gasteiger partial charge on any atom is 0.330 e. The molecule has 3 nitrogen and oxygen atoms in total. The highest BCUT2D eigenvalue weighted by Gasteiger charge is 2.13. The van der Waals surface area contributed by atoms with Crippen LogP contribution in [0.1, 0.15) is 51.6 Å². The zero-order valence-corrected chi connectivity index (χ0v) is 12.1. The number of pyridine rings is 1. The van der Waals surface area contributed by atoms with Gasteiger partial charge in [-0.3, -0.25) is 4.98 Å². The van der Waals surface area contributed by atoms with E-state index in [1.165, 1.54) is 0 Å². The second kappa shape index (κ2) is 8.46. The van der Waals surface area contributed by atoms with Crippen molar-refractivity contribution < 1.29 is 9.53 Å². The van der Waals surface area contributed by atoms with Crippen LogP contribution in [0.15, 0.2) is 36.0 Å². The summed E-state index contributed by atoms with van der Waals surface area (Å²) in [6, 6.07) is 5.99. The largest absolute Gasteiger partial charge is 0.463 e. The SMILES string of the molecule is CCCC(C/C(C)=C/C(=O)OCC)c1ccccn1. The topological polar surface area (TPSA) is 39.2 Å². The van der Waals surface area contributed by atoms with E-state index in [1.54, 1.807) is 6.08 Å². The lowest BCUT2D eigenvalue weighted by atomic mass is 9.92. The van der Waals surface area contributed by atoms with Crippen molar-refractivity contribution >= 4 is 5.97 Å². The minimum Gasteiger partial charge on any atom is -0.463 e. The zero-order chi connectivity index (χ0) is 14.1. The van der Waals surface area contributed by atoms with E-state index >= 15 is 0 Å². The van der Waals surface area contributed by atoms with Crippen LogP contribution in [-0.2, 0) is 9.53 Å². The Bertz CT molecular complexity index is 412. The Morgan fingerprint density at radius 3 is 2.79 bits per heavy atom. The highest BCUT2D eigenvalue weighted by atomic mass is 16.5. The molecular formula is C16H23NO2. The fraction of sp³-hybridized carbons (Fsp3) is 0.500. The summed E-state index contributed by atoms with van der Waals surface area (Å²) in [7, 11) is 0. The number of hydrogen-bond acceptors (Lipinski definition) is 3. The number of nitrogens with zero attached hydrogens (tertiary/aromatic N) is 1.